The van der Waals surface area contributed by atoms with Crippen molar-refractivity contribution in [3.63, 3.8) is 0 Å². The lowest BCUT2D eigenvalue weighted by molar-refractivity contribution is 0.0664. The maximum absolute atomic E-state index is 12.8. The zero-order valence-corrected chi connectivity index (χ0v) is 17.3. The standard InChI is InChI=1S/C22H22ClN5O2/c1-27-8-10-28(11-9-27)22(30)17-7-4-15(12-18(17)23)19-13-25-21(24)20(26-19)14-2-5-16(29)6-3-14/h2-7,12-13,29H,8-11H2,1H3,(H2,24,25). The van der Waals surface area contributed by atoms with Gasteiger partial charge in [-0.05, 0) is 43.4 Å². The summed E-state index contributed by atoms with van der Waals surface area (Å²) in [6.07, 6.45) is 1.58. The van der Waals surface area contributed by atoms with Crippen molar-refractivity contribution in [2.75, 3.05) is 39.0 Å². The molecule has 0 atom stereocenters. The van der Waals surface area contributed by atoms with E-state index in [1.165, 1.54) is 0 Å². The average Bonchev–Trinajstić information content (AvgIpc) is 2.75. The summed E-state index contributed by atoms with van der Waals surface area (Å²) in [5, 5.41) is 9.87. The van der Waals surface area contributed by atoms with E-state index in [1.807, 2.05) is 18.0 Å². The third-order valence-corrected chi connectivity index (χ3v) is 5.54. The van der Waals surface area contributed by atoms with Crippen LogP contribution in [0, 0.1) is 0 Å². The molecule has 30 heavy (non-hydrogen) atoms. The van der Waals surface area contributed by atoms with Crippen molar-refractivity contribution in [1.29, 1.82) is 0 Å². The third-order valence-electron chi connectivity index (χ3n) is 5.23. The lowest BCUT2D eigenvalue weighted by atomic mass is 10.1. The van der Waals surface area contributed by atoms with Gasteiger partial charge in [0.15, 0.2) is 0 Å². The summed E-state index contributed by atoms with van der Waals surface area (Å²) >= 11 is 6.47. The number of amides is 1. The first-order chi connectivity index (χ1) is 14.4. The Labute approximate surface area is 179 Å². The Hall–Kier alpha value is -3.16. The monoisotopic (exact) mass is 423 g/mol. The summed E-state index contributed by atoms with van der Waals surface area (Å²) in [4.78, 5) is 25.7. The maximum Gasteiger partial charge on any atom is 0.255 e. The summed E-state index contributed by atoms with van der Waals surface area (Å²) in [6, 6.07) is 11.9. The number of nitrogens with two attached hydrogens (primary N) is 1. The average molecular weight is 424 g/mol. The number of nitrogens with zero attached hydrogens (tertiary/aromatic N) is 4. The minimum Gasteiger partial charge on any atom is -0.508 e. The van der Waals surface area contributed by atoms with Crippen LogP contribution in [0.1, 0.15) is 10.4 Å². The molecule has 8 heteroatoms. The fraction of sp³-hybridized carbons (Fsp3) is 0.227. The Kier molecular flexibility index (Phi) is 5.57. The molecule has 154 valence electrons. The molecule has 4 rings (SSSR count). The molecule has 2 aromatic carbocycles. The molecule has 0 radical (unpaired) electrons. The van der Waals surface area contributed by atoms with Crippen molar-refractivity contribution in [2.45, 2.75) is 0 Å². The van der Waals surface area contributed by atoms with E-state index in [0.29, 0.717) is 35.1 Å². The van der Waals surface area contributed by atoms with Crippen LogP contribution in [-0.2, 0) is 0 Å². The lowest BCUT2D eigenvalue weighted by Crippen LogP contribution is -2.47. The first-order valence-electron chi connectivity index (χ1n) is 9.62. The van der Waals surface area contributed by atoms with E-state index in [1.54, 1.807) is 42.6 Å². The summed E-state index contributed by atoms with van der Waals surface area (Å²) in [7, 11) is 2.05. The van der Waals surface area contributed by atoms with Gasteiger partial charge in [-0.3, -0.25) is 4.79 Å². The van der Waals surface area contributed by atoms with Gasteiger partial charge in [0.25, 0.3) is 5.91 Å². The molecule has 1 aromatic heterocycles. The van der Waals surface area contributed by atoms with Crippen LogP contribution in [0.4, 0.5) is 5.82 Å². The van der Waals surface area contributed by atoms with Crippen LogP contribution < -0.4 is 5.73 Å². The zero-order chi connectivity index (χ0) is 21.3. The molecule has 1 saturated heterocycles. The van der Waals surface area contributed by atoms with E-state index < -0.39 is 0 Å². The number of piperazine rings is 1. The van der Waals surface area contributed by atoms with Crippen LogP contribution in [0.15, 0.2) is 48.7 Å². The lowest BCUT2D eigenvalue weighted by Gasteiger charge is -2.32. The molecule has 0 spiro atoms. The number of halogens is 1. The van der Waals surface area contributed by atoms with Gasteiger partial charge >= 0.3 is 0 Å². The molecule has 1 amide bonds. The zero-order valence-electron chi connectivity index (χ0n) is 16.5. The largest absolute Gasteiger partial charge is 0.508 e. The minimum absolute atomic E-state index is 0.0622. The smallest absolute Gasteiger partial charge is 0.255 e. The summed E-state index contributed by atoms with van der Waals surface area (Å²) in [5.41, 5.74) is 9.07. The number of aromatic hydroxyl groups is 1. The Bertz CT molecular complexity index is 1080. The van der Waals surface area contributed by atoms with Crippen LogP contribution in [0.2, 0.25) is 5.02 Å². The number of phenols is 1. The Morgan fingerprint density at radius 1 is 1.07 bits per heavy atom. The molecule has 1 aliphatic rings. The first-order valence-corrected chi connectivity index (χ1v) is 10.00. The number of rotatable bonds is 3. The number of hydrogen-bond acceptors (Lipinski definition) is 6. The molecular formula is C22H22ClN5O2. The Balaban J connectivity index is 1.62. The summed E-state index contributed by atoms with van der Waals surface area (Å²) in [5.74, 6) is 0.388. The van der Waals surface area contributed by atoms with Crippen molar-refractivity contribution in [3.8, 4) is 28.3 Å². The van der Waals surface area contributed by atoms with Crippen molar-refractivity contribution >= 4 is 23.3 Å². The highest BCUT2D eigenvalue weighted by molar-refractivity contribution is 6.34. The number of aromatic nitrogens is 2. The molecule has 0 unspecified atom stereocenters. The highest BCUT2D eigenvalue weighted by atomic mass is 35.5. The van der Waals surface area contributed by atoms with Gasteiger partial charge in [-0.1, -0.05) is 17.7 Å². The molecule has 7 nitrogen and oxygen atoms in total. The number of carbonyl (C=O) groups excluding carboxylic acids is 1. The molecule has 3 N–H and O–H groups in total. The van der Waals surface area contributed by atoms with E-state index >= 15 is 0 Å². The molecular weight excluding hydrogens is 402 g/mol. The van der Waals surface area contributed by atoms with Crippen molar-refractivity contribution in [2.24, 2.45) is 0 Å². The number of anilines is 1. The van der Waals surface area contributed by atoms with Crippen molar-refractivity contribution < 1.29 is 9.90 Å². The second-order valence-corrected chi connectivity index (χ2v) is 7.73. The molecule has 0 aliphatic carbocycles. The van der Waals surface area contributed by atoms with Gasteiger partial charge in [0.2, 0.25) is 0 Å². The van der Waals surface area contributed by atoms with Gasteiger partial charge < -0.3 is 20.6 Å². The van der Waals surface area contributed by atoms with Gasteiger partial charge in [-0.2, -0.15) is 0 Å². The molecule has 0 bridgehead atoms. The highest BCUT2D eigenvalue weighted by Gasteiger charge is 2.22. The number of likely N-dealkylation sites (N-methyl/N-ethyl adjacent to an activating group) is 1. The predicted octanol–water partition coefficient (Wildman–Crippen LogP) is 3.14. The van der Waals surface area contributed by atoms with Gasteiger partial charge in [-0.15, -0.1) is 0 Å². The van der Waals surface area contributed by atoms with Crippen LogP contribution in [0.25, 0.3) is 22.5 Å². The highest BCUT2D eigenvalue weighted by Crippen LogP contribution is 2.29. The second-order valence-electron chi connectivity index (χ2n) is 7.33. The maximum atomic E-state index is 12.8. The Morgan fingerprint density at radius 3 is 2.40 bits per heavy atom. The van der Waals surface area contributed by atoms with E-state index in [0.717, 1.165) is 24.2 Å². The van der Waals surface area contributed by atoms with Gasteiger partial charge in [0.1, 0.15) is 17.3 Å². The van der Waals surface area contributed by atoms with E-state index in [2.05, 4.69) is 14.9 Å². The van der Waals surface area contributed by atoms with Crippen LogP contribution in [-0.4, -0.2) is 64.0 Å². The number of hydrogen-bond donors (Lipinski definition) is 2. The Morgan fingerprint density at radius 2 is 1.73 bits per heavy atom. The topological polar surface area (TPSA) is 95.6 Å². The fourth-order valence-corrected chi connectivity index (χ4v) is 3.66. The fourth-order valence-electron chi connectivity index (χ4n) is 3.40. The molecule has 1 fully saturated rings. The molecule has 3 aromatic rings. The number of nitrogen functional groups attached to an aromatic ring is 1. The predicted molar refractivity (Wildman–Crippen MR) is 117 cm³/mol. The first kappa shape index (κ1) is 20.1. The van der Waals surface area contributed by atoms with Gasteiger partial charge in [0.05, 0.1) is 22.5 Å². The quantitative estimate of drug-likeness (QED) is 0.671. The number of phenolic OH excluding ortho intramolecular Hbond substituents is 1. The van der Waals surface area contributed by atoms with Crippen LogP contribution in [0.5, 0.6) is 5.75 Å². The van der Waals surface area contributed by atoms with E-state index in [9.17, 15) is 9.90 Å². The van der Waals surface area contributed by atoms with Crippen LogP contribution >= 0.6 is 11.6 Å². The van der Waals surface area contributed by atoms with Crippen molar-refractivity contribution in [1.82, 2.24) is 19.8 Å². The minimum atomic E-state index is -0.0622. The summed E-state index contributed by atoms with van der Waals surface area (Å²) < 4.78 is 0. The molecule has 2 heterocycles. The van der Waals surface area contributed by atoms with Gasteiger partial charge in [0, 0.05) is 37.3 Å². The second kappa shape index (κ2) is 8.30. The van der Waals surface area contributed by atoms with E-state index in [4.69, 9.17) is 17.3 Å². The number of carbonyl (C=O) groups is 1. The normalized spacial score (nSPS) is 14.7. The molecule has 1 aliphatic heterocycles. The number of benzene rings is 2. The van der Waals surface area contributed by atoms with Gasteiger partial charge in [-0.25, -0.2) is 9.97 Å². The summed E-state index contributed by atoms with van der Waals surface area (Å²) in [6.45, 7) is 3.07. The van der Waals surface area contributed by atoms with Crippen LogP contribution in [0.3, 0.4) is 0 Å². The van der Waals surface area contributed by atoms with E-state index in [-0.39, 0.29) is 17.5 Å². The molecule has 0 saturated carbocycles. The van der Waals surface area contributed by atoms with Crippen molar-refractivity contribution in [3.05, 3.63) is 59.2 Å². The SMILES string of the molecule is CN1CCN(C(=O)c2ccc(-c3cnc(N)c(-c4ccc(O)cc4)n3)cc2Cl)CC1. The third kappa shape index (κ3) is 4.08.